The number of Topliss-reactive ketones (excluding diaryl/α,β-unsaturated/α-hetero) is 1. The summed E-state index contributed by atoms with van der Waals surface area (Å²) in [6.07, 6.45) is 0.435. The number of carbonyl (C=O) groups is 2. The summed E-state index contributed by atoms with van der Waals surface area (Å²) in [5, 5.41) is 0. The summed E-state index contributed by atoms with van der Waals surface area (Å²) in [5.41, 5.74) is 5.06. The van der Waals surface area contributed by atoms with Gasteiger partial charge in [-0.05, 0) is 12.8 Å². The first-order valence-electron chi connectivity index (χ1n) is 3.74. The molecule has 1 unspecified atom stereocenters. The Kier molecular flexibility index (Phi) is 3.79. The van der Waals surface area contributed by atoms with Crippen LogP contribution in [0.25, 0.3) is 0 Å². The van der Waals surface area contributed by atoms with Gasteiger partial charge >= 0.3 is 0 Å². The van der Waals surface area contributed by atoms with E-state index in [1.165, 1.54) is 6.92 Å². The van der Waals surface area contributed by atoms with E-state index in [0.717, 1.165) is 0 Å². The van der Waals surface area contributed by atoms with Crippen LogP contribution in [-0.2, 0) is 9.59 Å². The molecule has 0 aromatic carbocycles. The standard InChI is InChI=1S/C8H15NO2/c1-5(4-6(2)10)7(3)8(9)11/h5,7H,4H2,1-3H3,(H2,9,11)/t5-,7?/m1/s1. The Morgan fingerprint density at radius 3 is 2.09 bits per heavy atom. The van der Waals surface area contributed by atoms with Crippen LogP contribution in [0.15, 0.2) is 0 Å². The Balaban J connectivity index is 3.92. The van der Waals surface area contributed by atoms with Crippen LogP contribution in [0.1, 0.15) is 27.2 Å². The van der Waals surface area contributed by atoms with Crippen molar-refractivity contribution in [1.82, 2.24) is 0 Å². The minimum absolute atomic E-state index is 0.0602. The second-order valence-electron chi connectivity index (χ2n) is 3.07. The minimum atomic E-state index is -0.334. The number of carbonyl (C=O) groups excluding carboxylic acids is 2. The predicted molar refractivity (Wildman–Crippen MR) is 42.8 cm³/mol. The number of nitrogens with two attached hydrogens (primary N) is 1. The molecule has 0 radical (unpaired) electrons. The molecule has 0 bridgehead atoms. The van der Waals surface area contributed by atoms with Crippen LogP contribution in [-0.4, -0.2) is 11.7 Å². The summed E-state index contributed by atoms with van der Waals surface area (Å²) in [5.74, 6) is -0.381. The van der Waals surface area contributed by atoms with E-state index in [9.17, 15) is 9.59 Å². The van der Waals surface area contributed by atoms with Crippen LogP contribution in [0.4, 0.5) is 0 Å². The zero-order valence-electron chi connectivity index (χ0n) is 7.26. The monoisotopic (exact) mass is 157 g/mol. The van der Waals surface area contributed by atoms with Crippen LogP contribution >= 0.6 is 0 Å². The van der Waals surface area contributed by atoms with Gasteiger partial charge < -0.3 is 10.5 Å². The zero-order chi connectivity index (χ0) is 9.02. The molecular formula is C8H15NO2. The molecule has 2 N–H and O–H groups in total. The summed E-state index contributed by atoms with van der Waals surface area (Å²) < 4.78 is 0. The molecule has 11 heavy (non-hydrogen) atoms. The third-order valence-corrected chi connectivity index (χ3v) is 1.91. The van der Waals surface area contributed by atoms with E-state index < -0.39 is 0 Å². The first-order valence-corrected chi connectivity index (χ1v) is 3.74. The van der Waals surface area contributed by atoms with E-state index in [4.69, 9.17) is 5.73 Å². The molecule has 3 nitrogen and oxygen atoms in total. The van der Waals surface area contributed by atoms with E-state index >= 15 is 0 Å². The number of ketones is 1. The number of primary amides is 1. The molecule has 0 heterocycles. The van der Waals surface area contributed by atoms with E-state index in [2.05, 4.69) is 0 Å². The first-order chi connectivity index (χ1) is 4.95. The quantitative estimate of drug-likeness (QED) is 0.653. The van der Waals surface area contributed by atoms with Crippen LogP contribution in [0.2, 0.25) is 0 Å². The highest BCUT2D eigenvalue weighted by Crippen LogP contribution is 2.14. The highest BCUT2D eigenvalue weighted by Gasteiger charge is 2.18. The second kappa shape index (κ2) is 4.11. The highest BCUT2D eigenvalue weighted by atomic mass is 16.1. The third kappa shape index (κ3) is 3.75. The van der Waals surface area contributed by atoms with Crippen molar-refractivity contribution in [3.63, 3.8) is 0 Å². The largest absolute Gasteiger partial charge is 0.369 e. The van der Waals surface area contributed by atoms with Crippen molar-refractivity contribution in [2.24, 2.45) is 17.6 Å². The molecule has 0 saturated carbocycles. The number of amides is 1. The normalized spacial score (nSPS) is 15.5. The van der Waals surface area contributed by atoms with E-state index in [1.54, 1.807) is 6.92 Å². The minimum Gasteiger partial charge on any atom is -0.369 e. The van der Waals surface area contributed by atoms with Gasteiger partial charge in [0.15, 0.2) is 0 Å². The Labute approximate surface area is 67.0 Å². The Morgan fingerprint density at radius 1 is 1.36 bits per heavy atom. The van der Waals surface area contributed by atoms with Gasteiger partial charge in [-0.15, -0.1) is 0 Å². The van der Waals surface area contributed by atoms with Crippen molar-refractivity contribution in [2.45, 2.75) is 27.2 Å². The second-order valence-corrected chi connectivity index (χ2v) is 3.07. The molecule has 64 valence electrons. The van der Waals surface area contributed by atoms with Crippen molar-refractivity contribution in [3.05, 3.63) is 0 Å². The molecule has 0 aliphatic heterocycles. The molecule has 0 aromatic heterocycles. The van der Waals surface area contributed by atoms with Gasteiger partial charge in [-0.2, -0.15) is 0 Å². The Morgan fingerprint density at radius 2 is 1.82 bits per heavy atom. The molecule has 0 aliphatic carbocycles. The number of rotatable bonds is 4. The Hall–Kier alpha value is -0.860. The third-order valence-electron chi connectivity index (χ3n) is 1.91. The van der Waals surface area contributed by atoms with Gasteiger partial charge in [-0.1, -0.05) is 13.8 Å². The molecule has 0 fully saturated rings. The van der Waals surface area contributed by atoms with Crippen molar-refractivity contribution in [3.8, 4) is 0 Å². The summed E-state index contributed by atoms with van der Waals surface area (Å²) in [6, 6.07) is 0. The van der Waals surface area contributed by atoms with Gasteiger partial charge in [-0.25, -0.2) is 0 Å². The molecule has 3 heteroatoms. The maximum Gasteiger partial charge on any atom is 0.220 e. The average Bonchev–Trinajstić information content (AvgIpc) is 1.84. The highest BCUT2D eigenvalue weighted by molar-refractivity contribution is 5.79. The molecule has 0 aliphatic rings. The van der Waals surface area contributed by atoms with Gasteiger partial charge in [0.05, 0.1) is 0 Å². The Bertz CT molecular complexity index is 165. The lowest BCUT2D eigenvalue weighted by atomic mass is 9.91. The number of hydrogen-bond donors (Lipinski definition) is 1. The predicted octanol–water partition coefficient (Wildman–Crippen LogP) is 0.723. The van der Waals surface area contributed by atoms with Crippen molar-refractivity contribution in [1.29, 1.82) is 0 Å². The fourth-order valence-corrected chi connectivity index (χ4v) is 0.911. The molecule has 1 amide bonds. The molecule has 0 spiro atoms. The van der Waals surface area contributed by atoms with Gasteiger partial charge in [0.1, 0.15) is 5.78 Å². The fraction of sp³-hybridized carbons (Fsp3) is 0.750. The maximum atomic E-state index is 10.6. The summed E-state index contributed by atoms with van der Waals surface area (Å²) in [4.78, 5) is 21.3. The van der Waals surface area contributed by atoms with Crippen molar-refractivity contribution >= 4 is 11.7 Å². The van der Waals surface area contributed by atoms with Gasteiger partial charge in [0.2, 0.25) is 5.91 Å². The molecule has 0 rings (SSSR count). The van der Waals surface area contributed by atoms with Crippen LogP contribution < -0.4 is 5.73 Å². The summed E-state index contributed by atoms with van der Waals surface area (Å²) >= 11 is 0. The van der Waals surface area contributed by atoms with Crippen LogP contribution in [0.5, 0.6) is 0 Å². The SMILES string of the molecule is CC(=O)C[C@@H](C)C(C)C(N)=O. The van der Waals surface area contributed by atoms with Crippen LogP contribution in [0, 0.1) is 11.8 Å². The van der Waals surface area contributed by atoms with Gasteiger partial charge in [-0.3, -0.25) is 4.79 Å². The summed E-state index contributed by atoms with van der Waals surface area (Å²) in [7, 11) is 0. The van der Waals surface area contributed by atoms with Gasteiger partial charge in [0.25, 0.3) is 0 Å². The topological polar surface area (TPSA) is 60.2 Å². The average molecular weight is 157 g/mol. The van der Waals surface area contributed by atoms with E-state index in [-0.39, 0.29) is 23.5 Å². The summed E-state index contributed by atoms with van der Waals surface area (Å²) in [6.45, 7) is 5.12. The van der Waals surface area contributed by atoms with E-state index in [1.807, 2.05) is 6.92 Å². The van der Waals surface area contributed by atoms with Crippen molar-refractivity contribution in [2.75, 3.05) is 0 Å². The van der Waals surface area contributed by atoms with Gasteiger partial charge in [0, 0.05) is 12.3 Å². The lowest BCUT2D eigenvalue weighted by Crippen LogP contribution is -2.27. The first kappa shape index (κ1) is 10.1. The lowest BCUT2D eigenvalue weighted by Gasteiger charge is -2.14. The molecular weight excluding hydrogens is 142 g/mol. The zero-order valence-corrected chi connectivity index (χ0v) is 7.26. The van der Waals surface area contributed by atoms with Crippen LogP contribution in [0.3, 0.4) is 0 Å². The maximum absolute atomic E-state index is 10.6. The smallest absolute Gasteiger partial charge is 0.220 e. The molecule has 0 aromatic rings. The van der Waals surface area contributed by atoms with E-state index in [0.29, 0.717) is 6.42 Å². The fourth-order valence-electron chi connectivity index (χ4n) is 0.911. The molecule has 0 saturated heterocycles. The molecule has 2 atom stereocenters. The lowest BCUT2D eigenvalue weighted by molar-refractivity contribution is -0.123. The number of hydrogen-bond acceptors (Lipinski definition) is 2. The van der Waals surface area contributed by atoms with Crippen molar-refractivity contribution < 1.29 is 9.59 Å².